The number of nitrogens with zero attached hydrogens (tertiary/aromatic N) is 4. The number of nitrogens with one attached hydrogen (secondary N) is 1. The van der Waals surface area contributed by atoms with Crippen molar-refractivity contribution < 1.29 is 13.5 Å². The van der Waals surface area contributed by atoms with Crippen LogP contribution in [0.5, 0.6) is 6.01 Å². The first kappa shape index (κ1) is 27.5. The van der Waals surface area contributed by atoms with E-state index in [1.54, 1.807) is 18.2 Å². The molecule has 2 bridgehead atoms. The van der Waals surface area contributed by atoms with Crippen LogP contribution in [0, 0.1) is 5.82 Å². The summed E-state index contributed by atoms with van der Waals surface area (Å²) in [6.07, 6.45) is 8.80. The van der Waals surface area contributed by atoms with E-state index in [-0.39, 0.29) is 23.7 Å². The quantitative estimate of drug-likeness (QED) is 0.327. The van der Waals surface area contributed by atoms with Crippen molar-refractivity contribution in [3.63, 3.8) is 0 Å². The van der Waals surface area contributed by atoms with E-state index in [2.05, 4.69) is 21.2 Å². The van der Waals surface area contributed by atoms with Gasteiger partial charge in [0.1, 0.15) is 24.1 Å². The largest absolute Gasteiger partial charge is 0.461 e. The lowest BCUT2D eigenvalue weighted by molar-refractivity contribution is 0.107. The van der Waals surface area contributed by atoms with Crippen LogP contribution in [0.4, 0.5) is 20.3 Å². The van der Waals surface area contributed by atoms with Crippen LogP contribution in [-0.2, 0) is 0 Å². The number of rotatable bonds is 6. The maximum absolute atomic E-state index is 16.8. The van der Waals surface area contributed by atoms with Crippen LogP contribution in [0.3, 0.4) is 0 Å². The number of benzene rings is 2. The number of fused-ring (bicyclic) bond motifs is 4. The molecule has 0 spiro atoms. The number of halogens is 3. The Morgan fingerprint density at radius 1 is 1.09 bits per heavy atom. The average Bonchev–Trinajstić information content (AvgIpc) is 3.77. The van der Waals surface area contributed by atoms with Gasteiger partial charge in [-0.3, -0.25) is 4.90 Å². The molecule has 8 rings (SSSR count). The normalized spacial score (nSPS) is 28.6. The number of allylic oxidation sites excluding steroid dienone is 2. The summed E-state index contributed by atoms with van der Waals surface area (Å²) in [5.41, 5.74) is 9.60. The number of piperazine rings is 1. The Balaban J connectivity index is 1.24. The summed E-state index contributed by atoms with van der Waals surface area (Å²) in [7, 11) is 0. The Morgan fingerprint density at radius 2 is 1.93 bits per heavy atom. The van der Waals surface area contributed by atoms with Crippen molar-refractivity contribution in [1.82, 2.24) is 20.2 Å². The lowest BCUT2D eigenvalue weighted by atomic mass is 9.92. The number of aromatic nitrogens is 2. The minimum atomic E-state index is -0.859. The number of alkyl halides is 1. The SMILES string of the molecule is Nc1cc(Cl)c(C2=CCCC2)c(-c2ccc3c(N4C[C@H]5CC[C@@H](C4)N5)nc(OC[C@@]45CCCN4C[C@H](F)C5)nc3c2F)c1. The minimum Gasteiger partial charge on any atom is -0.461 e. The number of anilines is 2. The molecule has 4 fully saturated rings. The summed E-state index contributed by atoms with van der Waals surface area (Å²) >= 11 is 6.75. The van der Waals surface area contributed by atoms with Crippen LogP contribution in [0.15, 0.2) is 30.3 Å². The maximum atomic E-state index is 16.8. The minimum absolute atomic E-state index is 0.136. The first-order valence-electron chi connectivity index (χ1n) is 15.7. The van der Waals surface area contributed by atoms with Crippen LogP contribution in [-0.4, -0.2) is 71.4 Å². The molecule has 43 heavy (non-hydrogen) atoms. The van der Waals surface area contributed by atoms with E-state index >= 15 is 4.39 Å². The van der Waals surface area contributed by atoms with Gasteiger partial charge in [-0.2, -0.15) is 9.97 Å². The predicted molar refractivity (Wildman–Crippen MR) is 167 cm³/mol. The first-order chi connectivity index (χ1) is 20.9. The summed E-state index contributed by atoms with van der Waals surface area (Å²) < 4.78 is 37.6. The van der Waals surface area contributed by atoms with E-state index in [9.17, 15) is 4.39 Å². The topological polar surface area (TPSA) is 79.5 Å². The van der Waals surface area contributed by atoms with Gasteiger partial charge in [-0.15, -0.1) is 0 Å². The zero-order valence-electron chi connectivity index (χ0n) is 24.2. The fraction of sp³-hybridized carbons (Fsp3) is 0.515. The summed E-state index contributed by atoms with van der Waals surface area (Å²) in [6.45, 7) is 3.17. The van der Waals surface area contributed by atoms with Gasteiger partial charge in [0.2, 0.25) is 0 Å². The molecule has 7 nitrogen and oxygen atoms in total. The van der Waals surface area contributed by atoms with Crippen LogP contribution >= 0.6 is 11.6 Å². The van der Waals surface area contributed by atoms with Gasteiger partial charge in [0.25, 0.3) is 0 Å². The van der Waals surface area contributed by atoms with Gasteiger partial charge in [0.05, 0.1) is 10.6 Å². The highest BCUT2D eigenvalue weighted by Gasteiger charge is 2.49. The van der Waals surface area contributed by atoms with E-state index in [1.165, 1.54) is 0 Å². The number of ether oxygens (including phenoxy) is 1. The molecule has 0 saturated carbocycles. The molecule has 3 aromatic rings. The lowest BCUT2D eigenvalue weighted by Gasteiger charge is -2.34. The second-order valence-corrected chi connectivity index (χ2v) is 13.5. The molecular formula is C33H37ClF2N6O. The smallest absolute Gasteiger partial charge is 0.319 e. The number of nitrogen functional groups attached to an aromatic ring is 1. The highest BCUT2D eigenvalue weighted by molar-refractivity contribution is 6.33. The third kappa shape index (κ3) is 4.75. The monoisotopic (exact) mass is 606 g/mol. The van der Waals surface area contributed by atoms with Crippen molar-refractivity contribution >= 4 is 39.6 Å². The molecule has 10 heteroatoms. The van der Waals surface area contributed by atoms with E-state index in [1.807, 2.05) is 6.07 Å². The van der Waals surface area contributed by atoms with E-state index in [0.717, 1.165) is 75.7 Å². The molecule has 3 N–H and O–H groups in total. The highest BCUT2D eigenvalue weighted by Crippen LogP contribution is 2.44. The van der Waals surface area contributed by atoms with E-state index < -0.39 is 12.0 Å². The van der Waals surface area contributed by atoms with Crippen molar-refractivity contribution in [1.29, 1.82) is 0 Å². The Labute approximate surface area is 255 Å². The molecule has 226 valence electrons. The van der Waals surface area contributed by atoms with Gasteiger partial charge in [-0.05, 0) is 80.8 Å². The summed E-state index contributed by atoms with van der Waals surface area (Å²) in [4.78, 5) is 14.0. The number of hydrogen-bond donors (Lipinski definition) is 2. The Hall–Kier alpha value is -3.01. The van der Waals surface area contributed by atoms with Crippen molar-refractivity contribution in [3.05, 3.63) is 46.7 Å². The van der Waals surface area contributed by atoms with Crippen LogP contribution in [0.25, 0.3) is 27.6 Å². The Bertz CT molecular complexity index is 1620. The number of nitrogens with two attached hydrogens (primary N) is 1. The van der Waals surface area contributed by atoms with Crippen molar-refractivity contribution in [2.75, 3.05) is 43.4 Å². The Kier molecular flexibility index (Phi) is 6.76. The fourth-order valence-corrected chi connectivity index (χ4v) is 8.67. The molecule has 5 aliphatic rings. The standard InChI is InChI=1S/C33H37ClF2N6O/c34-27-13-21(37)12-26(28(27)19-4-1-2-5-19)24-8-9-25-30(29(24)36)39-32(40-31(25)41-16-22-6-7-23(17-41)38-22)43-18-33-10-3-11-42(33)15-20(35)14-33/h4,8-9,12-13,20,22-23,38H,1-3,5-7,10-11,14-18,37H2/t20-,22-,23+,33+/m1/s1. The second-order valence-electron chi connectivity index (χ2n) is 13.1. The maximum Gasteiger partial charge on any atom is 0.319 e. The molecule has 1 aromatic heterocycles. The predicted octanol–water partition coefficient (Wildman–Crippen LogP) is 6.13. The molecule has 2 aromatic carbocycles. The van der Waals surface area contributed by atoms with Gasteiger partial charge < -0.3 is 20.7 Å². The fourth-order valence-electron chi connectivity index (χ4n) is 8.32. The third-order valence-corrected chi connectivity index (χ3v) is 10.6. The van der Waals surface area contributed by atoms with Gasteiger partial charge >= 0.3 is 6.01 Å². The van der Waals surface area contributed by atoms with Crippen molar-refractivity contribution in [2.24, 2.45) is 0 Å². The number of hydrogen-bond acceptors (Lipinski definition) is 7. The molecule has 0 unspecified atom stereocenters. The van der Waals surface area contributed by atoms with Crippen molar-refractivity contribution in [2.45, 2.75) is 75.2 Å². The third-order valence-electron chi connectivity index (χ3n) is 10.3. The second kappa shape index (κ2) is 10.6. The van der Waals surface area contributed by atoms with Gasteiger partial charge in [-0.25, -0.2) is 8.78 Å². The molecule has 4 atom stereocenters. The molecule has 4 saturated heterocycles. The molecule has 4 aliphatic heterocycles. The molecule has 5 heterocycles. The summed E-state index contributed by atoms with van der Waals surface area (Å²) in [5.74, 6) is 0.236. The van der Waals surface area contributed by atoms with Gasteiger partial charge in [-0.1, -0.05) is 23.7 Å². The average molecular weight is 607 g/mol. The van der Waals surface area contributed by atoms with Crippen LogP contribution in [0.1, 0.15) is 56.9 Å². The molecule has 0 radical (unpaired) electrons. The molecular weight excluding hydrogens is 570 g/mol. The molecule has 1 aliphatic carbocycles. The molecule has 0 amide bonds. The van der Waals surface area contributed by atoms with E-state index in [4.69, 9.17) is 32.0 Å². The summed E-state index contributed by atoms with van der Waals surface area (Å²) in [5, 5.41) is 4.84. The van der Waals surface area contributed by atoms with Gasteiger partial charge in [0.15, 0.2) is 5.82 Å². The zero-order valence-corrected chi connectivity index (χ0v) is 25.0. The zero-order chi connectivity index (χ0) is 29.3. The highest BCUT2D eigenvalue weighted by atomic mass is 35.5. The van der Waals surface area contributed by atoms with Crippen LogP contribution in [0.2, 0.25) is 5.02 Å². The lowest BCUT2D eigenvalue weighted by Crippen LogP contribution is -2.51. The first-order valence-corrected chi connectivity index (χ1v) is 16.1. The van der Waals surface area contributed by atoms with Crippen molar-refractivity contribution in [3.8, 4) is 17.1 Å². The Morgan fingerprint density at radius 3 is 2.72 bits per heavy atom. The van der Waals surface area contributed by atoms with Crippen LogP contribution < -0.4 is 20.7 Å². The van der Waals surface area contributed by atoms with E-state index in [0.29, 0.717) is 58.1 Å². The van der Waals surface area contributed by atoms with Gasteiger partial charge in [0, 0.05) is 60.3 Å². The summed E-state index contributed by atoms with van der Waals surface area (Å²) in [6, 6.07) is 8.15.